The predicted molar refractivity (Wildman–Crippen MR) is 118 cm³/mol. The lowest BCUT2D eigenvalue weighted by Crippen LogP contribution is -2.08. The number of fused-ring (bicyclic) bond motifs is 1. The molecule has 0 aliphatic heterocycles. The number of oxazole rings is 1. The third-order valence-electron chi connectivity index (χ3n) is 5.65. The summed E-state index contributed by atoms with van der Waals surface area (Å²) in [4.78, 5) is 7.37. The van der Waals surface area contributed by atoms with Crippen molar-refractivity contribution >= 4 is 10.9 Å². The average molecular weight is 486 g/mol. The molecule has 0 amide bonds. The molecule has 35 heavy (non-hydrogen) atoms. The molecule has 5 rings (SSSR count). The average Bonchev–Trinajstić information content (AvgIpc) is 3.43. The van der Waals surface area contributed by atoms with E-state index in [0.717, 1.165) is 28.6 Å². The zero-order chi connectivity index (χ0) is 24.8. The normalized spacial score (nSPS) is 12.4. The van der Waals surface area contributed by atoms with E-state index in [1.165, 1.54) is 36.4 Å². The van der Waals surface area contributed by atoms with Gasteiger partial charge in [-0.25, -0.2) is 4.98 Å². The van der Waals surface area contributed by atoms with Gasteiger partial charge in [0.25, 0.3) is 0 Å². The molecule has 9 heteroatoms. The van der Waals surface area contributed by atoms with Crippen LogP contribution in [0.1, 0.15) is 22.6 Å². The quantitative estimate of drug-likeness (QED) is 0.261. The Kier molecular flexibility index (Phi) is 5.42. The Bertz CT molecular complexity index is 1440. The van der Waals surface area contributed by atoms with E-state index in [-0.39, 0.29) is 34.9 Å². The highest BCUT2D eigenvalue weighted by Crippen LogP contribution is 2.44. The number of H-pyrrole nitrogens is 1. The van der Waals surface area contributed by atoms with Gasteiger partial charge in [-0.1, -0.05) is 54.6 Å². The third kappa shape index (κ3) is 4.29. The highest BCUT2D eigenvalue weighted by molar-refractivity contribution is 5.84. The molecule has 178 valence electrons. The fraction of sp³-hybridized carbons (Fsp3) is 0.115. The number of alkyl halides is 6. The maximum atomic E-state index is 13.8. The summed E-state index contributed by atoms with van der Waals surface area (Å²) >= 11 is 0. The van der Waals surface area contributed by atoms with Crippen LogP contribution in [-0.2, 0) is 18.8 Å². The second kappa shape index (κ2) is 8.33. The molecule has 0 spiro atoms. The molecule has 3 aromatic carbocycles. The number of nitrogens with one attached hydrogen (secondary N) is 1. The van der Waals surface area contributed by atoms with Gasteiger partial charge in [-0.3, -0.25) is 0 Å². The lowest BCUT2D eigenvalue weighted by molar-refractivity contribution is -0.138. The van der Waals surface area contributed by atoms with Crippen LogP contribution in [-0.4, -0.2) is 9.97 Å². The second-order valence-electron chi connectivity index (χ2n) is 7.91. The van der Waals surface area contributed by atoms with E-state index in [0.29, 0.717) is 0 Å². The third-order valence-corrected chi connectivity index (χ3v) is 5.65. The number of aromatic nitrogens is 2. The highest BCUT2D eigenvalue weighted by Gasteiger charge is 2.38. The van der Waals surface area contributed by atoms with Gasteiger partial charge in [-0.15, -0.1) is 0 Å². The fourth-order valence-corrected chi connectivity index (χ4v) is 4.11. The Labute approximate surface area is 195 Å². The van der Waals surface area contributed by atoms with Crippen molar-refractivity contribution in [2.24, 2.45) is 0 Å². The van der Waals surface area contributed by atoms with Crippen LogP contribution in [0, 0.1) is 0 Å². The molecule has 0 aliphatic carbocycles. The predicted octanol–water partition coefficient (Wildman–Crippen LogP) is 8.12. The van der Waals surface area contributed by atoms with Gasteiger partial charge in [0.1, 0.15) is 5.69 Å². The molecule has 0 atom stereocenters. The number of benzene rings is 3. The monoisotopic (exact) mass is 486 g/mol. The zero-order valence-corrected chi connectivity index (χ0v) is 17.8. The molecule has 0 saturated heterocycles. The molecule has 2 aromatic heterocycles. The SMILES string of the molecule is FC(F)(F)c1ccccc1-c1nc(Cc2c[nH]c3ccccc23)oc1-c1ccccc1C(F)(F)F. The number of nitrogens with zero attached hydrogens (tertiary/aromatic N) is 1. The minimum atomic E-state index is -4.75. The largest absolute Gasteiger partial charge is 0.440 e. The minimum Gasteiger partial charge on any atom is -0.440 e. The summed E-state index contributed by atoms with van der Waals surface area (Å²) in [5.41, 5.74) is -1.51. The molecule has 0 fully saturated rings. The summed E-state index contributed by atoms with van der Waals surface area (Å²) in [7, 11) is 0. The Balaban J connectivity index is 1.72. The van der Waals surface area contributed by atoms with Crippen LogP contribution in [0.2, 0.25) is 0 Å². The van der Waals surface area contributed by atoms with Gasteiger partial charge < -0.3 is 9.40 Å². The highest BCUT2D eigenvalue weighted by atomic mass is 19.4. The van der Waals surface area contributed by atoms with Crippen molar-refractivity contribution in [2.75, 3.05) is 0 Å². The van der Waals surface area contributed by atoms with Crippen LogP contribution in [0.3, 0.4) is 0 Å². The summed E-state index contributed by atoms with van der Waals surface area (Å²) < 4.78 is 88.5. The van der Waals surface area contributed by atoms with Gasteiger partial charge in [0.2, 0.25) is 0 Å². The van der Waals surface area contributed by atoms with Gasteiger partial charge in [0, 0.05) is 28.2 Å². The lowest BCUT2D eigenvalue weighted by Gasteiger charge is -2.14. The van der Waals surface area contributed by atoms with Crippen molar-refractivity contribution in [1.82, 2.24) is 9.97 Å². The molecule has 0 bridgehead atoms. The molecule has 0 unspecified atom stereocenters. The fourth-order valence-electron chi connectivity index (χ4n) is 4.11. The first-order chi connectivity index (χ1) is 16.6. The van der Waals surface area contributed by atoms with Crippen LogP contribution >= 0.6 is 0 Å². The zero-order valence-electron chi connectivity index (χ0n) is 17.8. The van der Waals surface area contributed by atoms with Crippen LogP contribution in [0.4, 0.5) is 26.3 Å². The molecule has 3 nitrogen and oxygen atoms in total. The van der Waals surface area contributed by atoms with E-state index in [1.54, 1.807) is 6.20 Å². The van der Waals surface area contributed by atoms with Crippen LogP contribution in [0.5, 0.6) is 0 Å². The summed E-state index contributed by atoms with van der Waals surface area (Å²) in [5, 5.41) is 0.847. The number of aromatic amines is 1. The summed E-state index contributed by atoms with van der Waals surface area (Å²) in [6.45, 7) is 0. The lowest BCUT2D eigenvalue weighted by atomic mass is 9.98. The van der Waals surface area contributed by atoms with Crippen LogP contribution in [0.25, 0.3) is 33.5 Å². The maximum absolute atomic E-state index is 13.8. The Morgan fingerprint density at radius 2 is 1.29 bits per heavy atom. The maximum Gasteiger partial charge on any atom is 0.417 e. The Morgan fingerprint density at radius 1 is 0.714 bits per heavy atom. The second-order valence-corrected chi connectivity index (χ2v) is 7.91. The van der Waals surface area contributed by atoms with Gasteiger partial charge in [-0.05, 0) is 23.8 Å². The van der Waals surface area contributed by atoms with Crippen molar-refractivity contribution in [2.45, 2.75) is 18.8 Å². The Hall–Kier alpha value is -4.01. The molecule has 0 aliphatic rings. The topological polar surface area (TPSA) is 41.8 Å². The van der Waals surface area contributed by atoms with E-state index in [2.05, 4.69) is 9.97 Å². The number of hydrogen-bond donors (Lipinski definition) is 1. The van der Waals surface area contributed by atoms with Crippen molar-refractivity contribution in [3.05, 3.63) is 102 Å². The van der Waals surface area contributed by atoms with Crippen LogP contribution in [0.15, 0.2) is 83.4 Å². The van der Waals surface area contributed by atoms with E-state index >= 15 is 0 Å². The number of para-hydroxylation sites is 1. The summed E-state index contributed by atoms with van der Waals surface area (Å²) in [5.74, 6) is -0.377. The molecule has 0 radical (unpaired) electrons. The van der Waals surface area contributed by atoms with Gasteiger partial charge in [-0.2, -0.15) is 26.3 Å². The number of halogens is 6. The van der Waals surface area contributed by atoms with Gasteiger partial charge >= 0.3 is 12.4 Å². The molecular formula is C26H16F6N2O. The molecular weight excluding hydrogens is 470 g/mol. The van der Waals surface area contributed by atoms with Crippen molar-refractivity contribution in [1.29, 1.82) is 0 Å². The minimum absolute atomic E-state index is 0.00583. The Morgan fingerprint density at radius 3 is 1.97 bits per heavy atom. The number of hydrogen-bond acceptors (Lipinski definition) is 2. The molecule has 5 aromatic rings. The summed E-state index contributed by atoms with van der Waals surface area (Å²) in [6, 6.07) is 16.6. The smallest absolute Gasteiger partial charge is 0.417 e. The van der Waals surface area contributed by atoms with Crippen molar-refractivity contribution < 1.29 is 30.8 Å². The van der Waals surface area contributed by atoms with E-state index < -0.39 is 23.5 Å². The first-order valence-corrected chi connectivity index (χ1v) is 10.5. The van der Waals surface area contributed by atoms with Crippen molar-refractivity contribution in [3.8, 4) is 22.6 Å². The van der Waals surface area contributed by atoms with E-state index in [4.69, 9.17) is 4.42 Å². The van der Waals surface area contributed by atoms with Gasteiger partial charge in [0.15, 0.2) is 11.7 Å². The molecule has 2 heterocycles. The molecule has 0 saturated carbocycles. The van der Waals surface area contributed by atoms with Crippen molar-refractivity contribution in [3.63, 3.8) is 0 Å². The first-order valence-electron chi connectivity index (χ1n) is 10.5. The summed E-state index contributed by atoms with van der Waals surface area (Å²) in [6.07, 6.45) is -7.71. The van der Waals surface area contributed by atoms with Gasteiger partial charge in [0.05, 0.1) is 17.5 Å². The van der Waals surface area contributed by atoms with E-state index in [9.17, 15) is 26.3 Å². The first kappa shape index (κ1) is 22.8. The van der Waals surface area contributed by atoms with Crippen LogP contribution < -0.4 is 0 Å². The van der Waals surface area contributed by atoms with E-state index in [1.807, 2.05) is 24.3 Å². The standard InChI is InChI=1S/C26H16F6N2O/c27-25(28,29)19-10-4-1-8-17(19)23-24(18-9-2-5-11-20(18)26(30,31)32)35-22(34-23)13-15-14-33-21-12-6-3-7-16(15)21/h1-12,14,33H,13H2. The molecule has 1 N–H and O–H groups in total. The number of rotatable bonds is 4.